The minimum Gasteiger partial charge on any atom is -0.396 e. The Labute approximate surface area is 172 Å². The second-order valence-electron chi connectivity index (χ2n) is 7.08. The lowest BCUT2D eigenvalue weighted by Crippen LogP contribution is -2.64. The topological polar surface area (TPSA) is 51.8 Å². The molecule has 1 heterocycles. The van der Waals surface area contributed by atoms with Gasteiger partial charge in [0.05, 0.1) is 0 Å². The van der Waals surface area contributed by atoms with Crippen LogP contribution >= 0.6 is 12.4 Å². The average molecular weight is 417 g/mol. The molecule has 2 rings (SSSR count). The number of nitrogens with one attached hydrogen (secondary N) is 2. The predicted molar refractivity (Wildman–Crippen MR) is 116 cm³/mol. The summed E-state index contributed by atoms with van der Waals surface area (Å²) < 4.78 is 17.9. The number of hydrogen-bond donors (Lipinski definition) is 2. The van der Waals surface area contributed by atoms with E-state index in [1.54, 1.807) is 14.2 Å². The maximum absolute atomic E-state index is 6.04. The molecule has 7 heteroatoms. The summed E-state index contributed by atoms with van der Waals surface area (Å²) in [5.41, 5.74) is 1.33. The van der Waals surface area contributed by atoms with E-state index < -0.39 is 8.56 Å². The fourth-order valence-electron chi connectivity index (χ4n) is 4.15. The Hall–Kier alpha value is -0.473. The van der Waals surface area contributed by atoms with Gasteiger partial charge < -0.3 is 24.2 Å². The summed E-state index contributed by atoms with van der Waals surface area (Å²) in [6.45, 7) is 3.87. The van der Waals surface area contributed by atoms with Gasteiger partial charge >= 0.3 is 8.56 Å². The minimum atomic E-state index is -2.29. The lowest BCUT2D eigenvalue weighted by atomic mass is 10.1. The van der Waals surface area contributed by atoms with Crippen molar-refractivity contribution in [1.29, 1.82) is 0 Å². The van der Waals surface area contributed by atoms with Gasteiger partial charge in [-0.3, -0.25) is 0 Å². The Morgan fingerprint density at radius 2 is 1.67 bits per heavy atom. The van der Waals surface area contributed by atoms with Gasteiger partial charge in [-0.05, 0) is 37.4 Å². The van der Waals surface area contributed by atoms with Crippen molar-refractivity contribution in [2.75, 3.05) is 41.0 Å². The molecule has 27 heavy (non-hydrogen) atoms. The molecule has 1 unspecified atom stereocenters. The minimum absolute atomic E-state index is 0. The van der Waals surface area contributed by atoms with Crippen molar-refractivity contribution < 1.29 is 13.6 Å². The number of hydrogen-bond acceptors (Lipinski definition) is 5. The maximum atomic E-state index is 6.04. The third kappa shape index (κ3) is 6.53. The molecule has 1 aliphatic heterocycles. The van der Waals surface area contributed by atoms with Crippen LogP contribution < -0.4 is 10.6 Å². The summed E-state index contributed by atoms with van der Waals surface area (Å²) in [5, 5.41) is 6.80. The molecule has 0 aromatic heterocycles. The molecule has 0 bridgehead atoms. The van der Waals surface area contributed by atoms with E-state index in [2.05, 4.69) is 41.0 Å². The summed E-state index contributed by atoms with van der Waals surface area (Å²) >= 11 is 0. The number of methoxy groups -OCH3 is 1. The van der Waals surface area contributed by atoms with Crippen molar-refractivity contribution in [2.45, 2.75) is 49.9 Å². The number of benzene rings is 1. The van der Waals surface area contributed by atoms with Gasteiger partial charge in [0.2, 0.25) is 0 Å². The Bertz CT molecular complexity index is 505. The van der Waals surface area contributed by atoms with Crippen LogP contribution in [0.5, 0.6) is 0 Å². The van der Waals surface area contributed by atoms with E-state index in [4.69, 9.17) is 13.6 Å². The second kappa shape index (κ2) is 12.9. The first-order valence-corrected chi connectivity index (χ1v) is 11.8. The van der Waals surface area contributed by atoms with Crippen LogP contribution in [0, 0.1) is 0 Å². The monoisotopic (exact) mass is 416 g/mol. The smallest absolute Gasteiger partial charge is 0.370 e. The van der Waals surface area contributed by atoms with Gasteiger partial charge in [-0.25, -0.2) is 0 Å². The van der Waals surface area contributed by atoms with Crippen molar-refractivity contribution in [1.82, 2.24) is 10.6 Å². The molecule has 1 aromatic carbocycles. The van der Waals surface area contributed by atoms with Crippen LogP contribution in [0.3, 0.4) is 0 Å². The van der Waals surface area contributed by atoms with Crippen molar-refractivity contribution in [3.63, 3.8) is 0 Å². The van der Waals surface area contributed by atoms with E-state index in [9.17, 15) is 0 Å². The van der Waals surface area contributed by atoms with Gasteiger partial charge in [-0.1, -0.05) is 43.2 Å². The van der Waals surface area contributed by atoms with E-state index in [1.165, 1.54) is 18.4 Å². The summed E-state index contributed by atoms with van der Waals surface area (Å²) in [6.07, 6.45) is 5.52. The molecular formula is C20H37ClN2O3Si. The Morgan fingerprint density at radius 3 is 2.33 bits per heavy atom. The van der Waals surface area contributed by atoms with E-state index in [-0.39, 0.29) is 17.6 Å². The fourth-order valence-corrected chi connectivity index (χ4v) is 8.07. The lowest BCUT2D eigenvalue weighted by molar-refractivity contribution is -0.0156. The van der Waals surface area contributed by atoms with E-state index in [0.29, 0.717) is 0 Å². The van der Waals surface area contributed by atoms with Crippen molar-refractivity contribution in [2.24, 2.45) is 0 Å². The second-order valence-corrected chi connectivity index (χ2v) is 10.8. The normalized spacial score (nSPS) is 21.6. The van der Waals surface area contributed by atoms with Crippen LogP contribution in [0.1, 0.15) is 37.7 Å². The molecule has 0 radical (unpaired) electrons. The summed E-state index contributed by atoms with van der Waals surface area (Å²) in [7, 11) is 3.13. The first-order valence-electron chi connectivity index (χ1n) is 9.83. The average Bonchev–Trinajstić information content (AvgIpc) is 2.71. The quantitative estimate of drug-likeness (QED) is 0.404. The molecule has 0 amide bonds. The molecule has 5 nitrogen and oxygen atoms in total. The molecule has 1 atom stereocenters. The van der Waals surface area contributed by atoms with E-state index in [1.807, 2.05) is 7.11 Å². The van der Waals surface area contributed by atoms with Gasteiger partial charge in [0, 0.05) is 41.0 Å². The standard InChI is InChI=1S/C20H36N2O3Si.ClH/c1-23-20(12-7-8-17-26(20,24-2)25-3)13-9-14-21-15-16-22-18-19-10-5-4-6-11-19;/h4-6,10-11,21-22H,7-9,12-18H2,1-3H3;1H. The summed E-state index contributed by atoms with van der Waals surface area (Å²) in [6, 6.07) is 11.5. The first kappa shape index (κ1) is 24.6. The fraction of sp³-hybridized carbons (Fsp3) is 0.700. The van der Waals surface area contributed by atoms with E-state index >= 15 is 0 Å². The number of ether oxygens (including phenoxy) is 1. The zero-order chi connectivity index (χ0) is 18.7. The summed E-state index contributed by atoms with van der Waals surface area (Å²) in [4.78, 5) is 0. The number of rotatable bonds is 12. The third-order valence-corrected chi connectivity index (χ3v) is 10.1. The van der Waals surface area contributed by atoms with Crippen LogP contribution in [0.25, 0.3) is 0 Å². The summed E-state index contributed by atoms with van der Waals surface area (Å²) in [5.74, 6) is 0. The van der Waals surface area contributed by atoms with Crippen molar-refractivity contribution >= 4 is 21.0 Å². The van der Waals surface area contributed by atoms with Gasteiger partial charge in [0.25, 0.3) is 0 Å². The van der Waals surface area contributed by atoms with Gasteiger partial charge in [0.15, 0.2) is 0 Å². The zero-order valence-corrected chi connectivity index (χ0v) is 18.9. The molecule has 156 valence electrons. The highest BCUT2D eigenvalue weighted by atomic mass is 35.5. The van der Waals surface area contributed by atoms with Crippen LogP contribution in [-0.4, -0.2) is 54.7 Å². The molecule has 0 aliphatic carbocycles. The number of halogens is 1. The Morgan fingerprint density at radius 1 is 0.963 bits per heavy atom. The molecule has 1 fully saturated rings. The SMILES string of the molecule is COC1(CCCNCCNCc2ccccc2)CCCC[Si]1(OC)OC.Cl. The third-order valence-electron chi connectivity index (χ3n) is 5.67. The molecular weight excluding hydrogens is 380 g/mol. The molecule has 1 saturated heterocycles. The molecule has 2 N–H and O–H groups in total. The lowest BCUT2D eigenvalue weighted by Gasteiger charge is -2.48. The highest BCUT2D eigenvalue weighted by Gasteiger charge is 2.58. The van der Waals surface area contributed by atoms with Crippen LogP contribution in [0.2, 0.25) is 6.04 Å². The molecule has 1 aliphatic rings. The molecule has 0 saturated carbocycles. The van der Waals surface area contributed by atoms with Crippen LogP contribution in [-0.2, 0) is 20.1 Å². The Balaban J connectivity index is 0.00000364. The van der Waals surface area contributed by atoms with Crippen LogP contribution in [0.15, 0.2) is 30.3 Å². The van der Waals surface area contributed by atoms with Gasteiger partial charge in [-0.2, -0.15) is 0 Å². The zero-order valence-electron chi connectivity index (χ0n) is 17.1. The first-order chi connectivity index (χ1) is 12.7. The van der Waals surface area contributed by atoms with Crippen molar-refractivity contribution in [3.8, 4) is 0 Å². The maximum Gasteiger partial charge on any atom is 0.370 e. The Kier molecular flexibility index (Phi) is 11.7. The van der Waals surface area contributed by atoms with Gasteiger partial charge in [0.1, 0.15) is 5.22 Å². The van der Waals surface area contributed by atoms with Crippen molar-refractivity contribution in [3.05, 3.63) is 35.9 Å². The highest BCUT2D eigenvalue weighted by Crippen LogP contribution is 2.42. The molecule has 1 aromatic rings. The largest absolute Gasteiger partial charge is 0.396 e. The van der Waals surface area contributed by atoms with Gasteiger partial charge in [-0.15, -0.1) is 12.4 Å². The molecule has 0 spiro atoms. The van der Waals surface area contributed by atoms with E-state index in [0.717, 1.165) is 51.5 Å². The predicted octanol–water partition coefficient (Wildman–Crippen LogP) is 3.41. The highest BCUT2D eigenvalue weighted by molar-refractivity contribution is 6.70. The van der Waals surface area contributed by atoms with Crippen LogP contribution in [0.4, 0.5) is 0 Å².